The SMILES string of the molecule is CC(C)(C)[Si](O[C@H]1OC=C[C@@H](O[Si](c2ccccc2)(c2ccccc2)C(C)(C)C)[C@@H]1O[Si](c1ccccc1)(c1ccccc1)C(C)(C)C)(c1ccccc1)c1ccccc1. The molecule has 0 aliphatic carbocycles. The fourth-order valence-corrected chi connectivity index (χ4v) is 23.4. The van der Waals surface area contributed by atoms with E-state index >= 15 is 0 Å². The van der Waals surface area contributed by atoms with Crippen molar-refractivity contribution < 1.29 is 18.0 Å². The van der Waals surface area contributed by atoms with Crippen LogP contribution in [0.25, 0.3) is 0 Å². The molecule has 7 rings (SSSR count). The number of hydrogen-bond acceptors (Lipinski definition) is 4. The van der Waals surface area contributed by atoms with Crippen molar-refractivity contribution in [3.8, 4) is 0 Å². The fourth-order valence-electron chi connectivity index (χ4n) is 9.52. The van der Waals surface area contributed by atoms with Crippen molar-refractivity contribution in [3.05, 3.63) is 194 Å². The summed E-state index contributed by atoms with van der Waals surface area (Å²) in [7, 11) is -9.53. The highest BCUT2D eigenvalue weighted by molar-refractivity contribution is 7.01. The first-order valence-corrected chi connectivity index (χ1v) is 27.1. The summed E-state index contributed by atoms with van der Waals surface area (Å²) in [6, 6.07) is 65.1. The van der Waals surface area contributed by atoms with Gasteiger partial charge in [0.2, 0.25) is 6.29 Å². The van der Waals surface area contributed by atoms with Gasteiger partial charge in [-0.15, -0.1) is 0 Å². The van der Waals surface area contributed by atoms with E-state index in [1.807, 2.05) is 6.26 Å². The Kier molecular flexibility index (Phi) is 12.6. The molecule has 0 radical (unpaired) electrons. The van der Waals surface area contributed by atoms with Gasteiger partial charge in [0, 0.05) is 0 Å². The summed E-state index contributed by atoms with van der Waals surface area (Å²) in [6.07, 6.45) is 1.86. The van der Waals surface area contributed by atoms with Crippen molar-refractivity contribution in [2.24, 2.45) is 0 Å². The van der Waals surface area contributed by atoms with E-state index in [2.05, 4.69) is 250 Å². The molecule has 0 aromatic heterocycles. The summed E-state index contributed by atoms with van der Waals surface area (Å²) in [5, 5.41) is 6.23. The van der Waals surface area contributed by atoms with Gasteiger partial charge >= 0.3 is 0 Å². The lowest BCUT2D eigenvalue weighted by molar-refractivity contribution is -0.145. The topological polar surface area (TPSA) is 36.9 Å². The average Bonchev–Trinajstić information content (AvgIpc) is 3.25. The van der Waals surface area contributed by atoms with Crippen molar-refractivity contribution in [3.63, 3.8) is 0 Å². The van der Waals surface area contributed by atoms with Crippen molar-refractivity contribution >= 4 is 56.1 Å². The minimum absolute atomic E-state index is 0.280. The van der Waals surface area contributed by atoms with Gasteiger partial charge in [0.25, 0.3) is 25.0 Å². The van der Waals surface area contributed by atoms with Crippen LogP contribution in [0.2, 0.25) is 15.1 Å². The van der Waals surface area contributed by atoms with E-state index in [9.17, 15) is 0 Å². The van der Waals surface area contributed by atoms with Crippen molar-refractivity contribution in [2.45, 2.75) is 95.9 Å². The molecule has 0 N–H and O–H groups in total. The first kappa shape index (κ1) is 43.5. The Morgan fingerprint density at radius 3 is 0.867 bits per heavy atom. The van der Waals surface area contributed by atoms with Crippen LogP contribution in [-0.4, -0.2) is 43.5 Å². The molecule has 0 saturated heterocycles. The van der Waals surface area contributed by atoms with Gasteiger partial charge in [-0.3, -0.25) is 0 Å². The molecule has 4 nitrogen and oxygen atoms in total. The van der Waals surface area contributed by atoms with Gasteiger partial charge in [-0.2, -0.15) is 0 Å². The van der Waals surface area contributed by atoms with Crippen molar-refractivity contribution in [2.75, 3.05) is 0 Å². The summed E-state index contributed by atoms with van der Waals surface area (Å²) in [5.74, 6) is 0. The van der Waals surface area contributed by atoms with Crippen LogP contribution in [0.3, 0.4) is 0 Å². The Balaban J connectivity index is 1.51. The van der Waals surface area contributed by atoms with E-state index in [1.54, 1.807) is 0 Å². The molecule has 1 aliphatic heterocycles. The smallest absolute Gasteiger partial charge is 0.265 e. The molecule has 1 heterocycles. The third-order valence-corrected chi connectivity index (χ3v) is 27.3. The minimum atomic E-state index is -3.22. The summed E-state index contributed by atoms with van der Waals surface area (Å²) >= 11 is 0. The van der Waals surface area contributed by atoms with Crippen molar-refractivity contribution in [1.82, 2.24) is 0 Å². The van der Waals surface area contributed by atoms with E-state index < -0.39 is 43.5 Å². The van der Waals surface area contributed by atoms with Crippen LogP contribution >= 0.6 is 0 Å². The quantitative estimate of drug-likeness (QED) is 0.115. The van der Waals surface area contributed by atoms with Crippen LogP contribution in [-0.2, 0) is 18.0 Å². The van der Waals surface area contributed by atoms with Crippen LogP contribution < -0.4 is 31.1 Å². The van der Waals surface area contributed by atoms with Gasteiger partial charge in [-0.1, -0.05) is 244 Å². The number of ether oxygens (including phenoxy) is 1. The normalized spacial score (nSPS) is 17.9. The molecular formula is C53H62O4Si3. The summed E-state index contributed by atoms with van der Waals surface area (Å²) < 4.78 is 31.3. The molecule has 0 amide bonds. The van der Waals surface area contributed by atoms with Gasteiger partial charge in [0.05, 0.1) is 12.4 Å². The maximum absolute atomic E-state index is 8.26. The zero-order valence-electron chi connectivity index (χ0n) is 36.8. The van der Waals surface area contributed by atoms with Gasteiger partial charge < -0.3 is 18.0 Å². The lowest BCUT2D eigenvalue weighted by atomic mass is 10.2. The second kappa shape index (κ2) is 17.4. The van der Waals surface area contributed by atoms with Gasteiger partial charge in [0.15, 0.2) is 0 Å². The predicted molar refractivity (Wildman–Crippen MR) is 258 cm³/mol. The molecule has 0 fully saturated rings. The largest absolute Gasteiger partial charge is 0.471 e. The molecule has 3 atom stereocenters. The second-order valence-electron chi connectivity index (χ2n) is 19.1. The highest BCUT2D eigenvalue weighted by Gasteiger charge is 2.60. The van der Waals surface area contributed by atoms with E-state index in [4.69, 9.17) is 18.0 Å². The highest BCUT2D eigenvalue weighted by atomic mass is 28.4. The lowest BCUT2D eigenvalue weighted by Crippen LogP contribution is -2.74. The molecule has 0 bridgehead atoms. The van der Waals surface area contributed by atoms with Crippen LogP contribution in [0.4, 0.5) is 0 Å². The molecule has 6 aromatic carbocycles. The molecule has 0 unspecified atom stereocenters. The lowest BCUT2D eigenvalue weighted by Gasteiger charge is -2.52. The summed E-state index contributed by atoms with van der Waals surface area (Å²) in [4.78, 5) is 0. The number of hydrogen-bond donors (Lipinski definition) is 0. The highest BCUT2D eigenvalue weighted by Crippen LogP contribution is 2.44. The molecule has 7 heteroatoms. The summed E-state index contributed by atoms with van der Waals surface area (Å²) in [6.45, 7) is 20.9. The van der Waals surface area contributed by atoms with Crippen LogP contribution in [0.1, 0.15) is 62.3 Å². The first-order chi connectivity index (χ1) is 28.6. The molecule has 60 heavy (non-hydrogen) atoms. The third-order valence-electron chi connectivity index (χ3n) is 12.2. The van der Waals surface area contributed by atoms with Gasteiger partial charge in [-0.25, -0.2) is 0 Å². The zero-order valence-corrected chi connectivity index (χ0v) is 39.8. The zero-order chi connectivity index (χ0) is 42.7. The van der Waals surface area contributed by atoms with Gasteiger partial charge in [-0.05, 0) is 52.3 Å². The Bertz CT molecular complexity index is 2170. The maximum atomic E-state index is 8.26. The molecular weight excluding hydrogens is 785 g/mol. The molecule has 1 aliphatic rings. The van der Waals surface area contributed by atoms with E-state index in [0.717, 1.165) is 0 Å². The van der Waals surface area contributed by atoms with Crippen LogP contribution in [0, 0.1) is 0 Å². The average molecular weight is 847 g/mol. The first-order valence-electron chi connectivity index (χ1n) is 21.3. The van der Waals surface area contributed by atoms with Crippen LogP contribution in [0.15, 0.2) is 194 Å². The molecule has 0 spiro atoms. The fraction of sp³-hybridized carbons (Fsp3) is 0.283. The minimum Gasteiger partial charge on any atom is -0.471 e. The Morgan fingerprint density at radius 1 is 0.350 bits per heavy atom. The van der Waals surface area contributed by atoms with E-state index in [1.165, 1.54) is 31.1 Å². The predicted octanol–water partition coefficient (Wildman–Crippen LogP) is 9.32. The van der Waals surface area contributed by atoms with Crippen LogP contribution in [0.5, 0.6) is 0 Å². The number of rotatable bonds is 12. The monoisotopic (exact) mass is 846 g/mol. The maximum Gasteiger partial charge on any atom is 0.265 e. The van der Waals surface area contributed by atoms with Gasteiger partial charge in [0.1, 0.15) is 6.10 Å². The second-order valence-corrected chi connectivity index (χ2v) is 31.9. The third kappa shape index (κ3) is 7.99. The standard InChI is InChI=1S/C53H62O4Si3/c1-51(2,3)58(42-28-16-10-17-29-42,43-30-18-11-19-31-43)55-48-40-41-54-50(57-60(53(7,8)9,46-36-24-14-25-37-46)47-38-26-15-27-39-47)49(48)56-59(52(4,5)6,44-32-20-12-21-33-44)45-34-22-13-23-35-45/h10-41,48-50H,1-9H3/t48-,49+,50-/m1/s1. The van der Waals surface area contributed by atoms with E-state index in [0.29, 0.717) is 0 Å². The van der Waals surface area contributed by atoms with E-state index in [-0.39, 0.29) is 15.1 Å². The summed E-state index contributed by atoms with van der Waals surface area (Å²) in [5.41, 5.74) is 0. The Labute approximate surface area is 362 Å². The number of benzene rings is 6. The Morgan fingerprint density at radius 2 is 0.600 bits per heavy atom. The molecule has 310 valence electrons. The molecule has 0 saturated carbocycles. The van der Waals surface area contributed by atoms with Crippen molar-refractivity contribution in [1.29, 1.82) is 0 Å². The molecule has 6 aromatic rings. The Hall–Kier alpha value is -4.61.